The third kappa shape index (κ3) is 10.7. The van der Waals surface area contributed by atoms with E-state index in [-0.39, 0.29) is 0 Å². The topological polar surface area (TPSA) is 19.1 Å². The molecule has 15 aromatic rings. The molecule has 0 aliphatic heterocycles. The number of fused-ring (bicyclic) bond motifs is 4. The van der Waals surface area contributed by atoms with E-state index in [1.807, 2.05) is 11.8 Å². The molecule has 13 aromatic carbocycles. The Kier molecular flexibility index (Phi) is 15.8. The molecule has 0 unspecified atom stereocenters. The van der Waals surface area contributed by atoms with Gasteiger partial charge < -0.3 is 13.9 Å². The molecule has 0 spiro atoms. The molecule has 0 aliphatic carbocycles. The molecule has 15 rings (SSSR count). The minimum Gasteiger partial charge on any atom is -0.457 e. The second-order valence-electron chi connectivity index (χ2n) is 24.1. The van der Waals surface area contributed by atoms with Crippen LogP contribution in [-0.4, -0.2) is 25.3 Å². The number of hydrogen-bond acceptors (Lipinski definition) is 2. The molecule has 3 nitrogen and oxygen atoms in total. The first-order valence-corrected chi connectivity index (χ1v) is 36.6. The predicted molar refractivity (Wildman–Crippen MR) is 395 cm³/mol. The first-order chi connectivity index (χ1) is 45.3. The first-order valence-electron chi connectivity index (χ1n) is 31.7. The van der Waals surface area contributed by atoms with Gasteiger partial charge in [0.15, 0.2) is 16.1 Å². The van der Waals surface area contributed by atoms with E-state index in [0.717, 1.165) is 45.7 Å². The summed E-state index contributed by atoms with van der Waals surface area (Å²) in [5.41, 5.74) is 12.0. The first kappa shape index (κ1) is 57.9. The average Bonchev–Trinajstić information content (AvgIpc) is 1.57. The van der Waals surface area contributed by atoms with E-state index in [1.165, 1.54) is 95.5 Å². The van der Waals surface area contributed by atoms with Gasteiger partial charge in [-0.25, -0.2) is 0 Å². The number of allylic oxidation sites excluding steroid dienone is 1. The highest BCUT2D eigenvalue weighted by Crippen LogP contribution is 2.39. The van der Waals surface area contributed by atoms with Crippen molar-refractivity contribution in [1.29, 1.82) is 0 Å². The number of aromatic nitrogens is 2. The Balaban J connectivity index is 0.792. The molecule has 0 atom stereocenters. The Morgan fingerprint density at radius 2 is 0.815 bits per heavy atom. The van der Waals surface area contributed by atoms with Crippen LogP contribution in [0.3, 0.4) is 0 Å². The third-order valence-corrected chi connectivity index (χ3v) is 29.3. The summed E-state index contributed by atoms with van der Waals surface area (Å²) in [6.07, 6.45) is 3.31. The van der Waals surface area contributed by atoms with E-state index >= 15 is 0 Å². The Hall–Kier alpha value is -10.5. The van der Waals surface area contributed by atoms with Crippen LogP contribution in [0.4, 0.5) is 0 Å². The summed E-state index contributed by atoms with van der Waals surface area (Å²) in [6.45, 7) is 6.84. The van der Waals surface area contributed by atoms with Crippen LogP contribution in [0.2, 0.25) is 0 Å². The van der Waals surface area contributed by atoms with E-state index in [2.05, 4.69) is 376 Å². The lowest BCUT2D eigenvalue weighted by Gasteiger charge is -2.35. The molecular weight excluding hydrogens is 1170 g/mol. The molecule has 0 N–H and O–H groups in total. The van der Waals surface area contributed by atoms with Gasteiger partial charge in [0.25, 0.3) is 0 Å². The fraction of sp³-hybridized carbons (Fsp3) is 0.0465. The molecule has 2 aromatic heterocycles. The van der Waals surface area contributed by atoms with Gasteiger partial charge in [-0.05, 0) is 166 Å². The van der Waals surface area contributed by atoms with Crippen LogP contribution in [0.5, 0.6) is 11.5 Å². The van der Waals surface area contributed by atoms with Crippen molar-refractivity contribution in [1.82, 2.24) is 9.13 Å². The van der Waals surface area contributed by atoms with Crippen molar-refractivity contribution in [2.45, 2.75) is 37.0 Å². The van der Waals surface area contributed by atoms with Crippen LogP contribution >= 0.6 is 11.8 Å². The van der Waals surface area contributed by atoms with Gasteiger partial charge in [-0.1, -0.05) is 277 Å². The normalized spacial score (nSPS) is 12.0. The summed E-state index contributed by atoms with van der Waals surface area (Å²) in [5.74, 6) is 1.59. The van der Waals surface area contributed by atoms with Crippen LogP contribution in [0, 0.1) is 13.8 Å². The largest absolute Gasteiger partial charge is 0.457 e. The van der Waals surface area contributed by atoms with Crippen molar-refractivity contribution in [3.05, 3.63) is 373 Å². The van der Waals surface area contributed by atoms with E-state index < -0.39 is 16.1 Å². The Labute approximate surface area is 545 Å². The van der Waals surface area contributed by atoms with Gasteiger partial charge in [0.1, 0.15) is 11.5 Å². The molecule has 0 aliphatic rings. The summed E-state index contributed by atoms with van der Waals surface area (Å²) in [5, 5.41) is 14.4. The van der Waals surface area contributed by atoms with Gasteiger partial charge in [0.05, 0.1) is 16.6 Å². The summed E-state index contributed by atoms with van der Waals surface area (Å²) >= 11 is 1.82. The smallest absolute Gasteiger partial charge is 0.179 e. The minimum absolute atomic E-state index is 0.767. The van der Waals surface area contributed by atoms with Gasteiger partial charge in [-0.2, -0.15) is 0 Å². The van der Waals surface area contributed by atoms with E-state index in [0.29, 0.717) is 0 Å². The number of nitrogens with zero attached hydrogens (tertiary/aromatic N) is 2. The molecule has 442 valence electrons. The third-order valence-electron chi connectivity index (χ3n) is 18.6. The van der Waals surface area contributed by atoms with E-state index in [9.17, 15) is 0 Å². The minimum atomic E-state index is -2.96. The maximum absolute atomic E-state index is 6.89. The summed E-state index contributed by atoms with van der Waals surface area (Å²) in [4.78, 5) is 2.45. The fourth-order valence-electron chi connectivity index (χ4n) is 14.4. The molecule has 0 saturated carbocycles. The van der Waals surface area contributed by atoms with Crippen LogP contribution in [0.25, 0.3) is 50.2 Å². The Bertz CT molecular complexity index is 4980. The number of ether oxygens (including phenoxy) is 1. The van der Waals surface area contributed by atoms with Crippen LogP contribution in [-0.2, 0) is 6.42 Å². The average molecular weight is 1230 g/mol. The monoisotopic (exact) mass is 1230 g/mol. The molecule has 0 bridgehead atoms. The number of para-hydroxylation sites is 2. The van der Waals surface area contributed by atoms with Crippen LogP contribution < -0.4 is 41.0 Å². The lowest BCUT2D eigenvalue weighted by atomic mass is 10.1. The molecule has 0 radical (unpaired) electrons. The molecule has 0 fully saturated rings. The van der Waals surface area contributed by atoms with Gasteiger partial charge >= 0.3 is 0 Å². The van der Waals surface area contributed by atoms with E-state index in [1.54, 1.807) is 0 Å². The molecular formula is C86H68N2OSSi2. The summed E-state index contributed by atoms with van der Waals surface area (Å²) < 4.78 is 11.7. The molecule has 0 amide bonds. The second kappa shape index (κ2) is 25.1. The van der Waals surface area contributed by atoms with Gasteiger partial charge in [0, 0.05) is 48.6 Å². The van der Waals surface area contributed by atoms with Crippen molar-refractivity contribution in [3.63, 3.8) is 0 Å². The molecule has 2 heterocycles. The van der Waals surface area contributed by atoms with Crippen molar-refractivity contribution < 1.29 is 4.74 Å². The SMILES string of the molecule is CC(=Cc1c(C)n(-c2ccccc2)c2ccc(Sc3ccc(C)cc3)cc12)[Si](c1ccccc1)(c1ccccc1)c1cccc(Cc2ccc(Oc3ccc4c(c3)c3cc([Si](c5ccccc5)(c5ccccc5)c5ccccc5)ccc3n4-c3ccccc3)cc2)c1. The predicted octanol–water partition coefficient (Wildman–Crippen LogP) is 17.4. The zero-order chi connectivity index (χ0) is 62.0. The lowest BCUT2D eigenvalue weighted by Crippen LogP contribution is -2.74. The summed E-state index contributed by atoms with van der Waals surface area (Å²) in [7, 11) is -5.78. The Morgan fingerprint density at radius 1 is 0.359 bits per heavy atom. The van der Waals surface area contributed by atoms with Crippen molar-refractivity contribution in [2.75, 3.05) is 0 Å². The zero-order valence-electron chi connectivity index (χ0n) is 51.8. The fourth-order valence-corrected chi connectivity index (χ4v) is 24.9. The van der Waals surface area contributed by atoms with Crippen LogP contribution in [0.15, 0.2) is 355 Å². The maximum Gasteiger partial charge on any atom is 0.179 e. The molecule has 0 saturated heterocycles. The standard InChI is InChI=1S/C86H68N2OSSi2/c1-62-42-49-71(50-43-62)90-72-51-54-84-82(60-72)80(64(3)87(84)67-27-11-4-12-28-67)56-63(2)91(73-31-15-6-16-32-73,74-33-17-7-18-34-74)78-41-25-26-66(58-78)57-65-44-46-69(47-45-65)89-70-48-53-85-81(59-70)83-61-79(52-55-86(83)88(85)68-29-13-5-14-30-68)92(75-35-19-8-20-36-75,76-37-21-9-22-38-76)77-39-23-10-24-40-77/h4-56,58-61H,57H2,1-3H3. The molecule has 6 heteroatoms. The van der Waals surface area contributed by atoms with Gasteiger partial charge in [-0.3, -0.25) is 0 Å². The highest BCUT2D eigenvalue weighted by molar-refractivity contribution is 7.99. The lowest BCUT2D eigenvalue weighted by molar-refractivity contribution is 0.483. The Morgan fingerprint density at radius 3 is 1.38 bits per heavy atom. The van der Waals surface area contributed by atoms with Crippen molar-refractivity contribution >= 4 is 103 Å². The maximum atomic E-state index is 6.89. The molecule has 92 heavy (non-hydrogen) atoms. The summed E-state index contributed by atoms with van der Waals surface area (Å²) in [6, 6.07) is 126. The highest BCUT2D eigenvalue weighted by atomic mass is 32.2. The second-order valence-corrected chi connectivity index (χ2v) is 33.1. The number of rotatable bonds is 17. The van der Waals surface area contributed by atoms with Crippen LogP contribution in [0.1, 0.15) is 34.9 Å². The highest BCUT2D eigenvalue weighted by Gasteiger charge is 2.43. The van der Waals surface area contributed by atoms with Crippen molar-refractivity contribution in [3.8, 4) is 22.9 Å². The zero-order valence-corrected chi connectivity index (χ0v) is 54.6. The van der Waals surface area contributed by atoms with E-state index in [4.69, 9.17) is 4.74 Å². The number of benzene rings is 13. The number of hydrogen-bond donors (Lipinski definition) is 0. The number of aryl methyl sites for hydroxylation is 1. The van der Waals surface area contributed by atoms with Crippen molar-refractivity contribution in [2.24, 2.45) is 0 Å². The van der Waals surface area contributed by atoms with Gasteiger partial charge in [-0.15, -0.1) is 0 Å². The van der Waals surface area contributed by atoms with Gasteiger partial charge in [0.2, 0.25) is 0 Å². The quantitative estimate of drug-likeness (QED) is 0.0668.